The van der Waals surface area contributed by atoms with Gasteiger partial charge in [0, 0.05) is 13.1 Å². The number of nitrogens with two attached hydrogens (primary N) is 1. The maximum absolute atomic E-state index is 13.6. The molecule has 0 amide bonds. The van der Waals surface area contributed by atoms with Gasteiger partial charge in [0.25, 0.3) is 0 Å². The summed E-state index contributed by atoms with van der Waals surface area (Å²) in [6.45, 7) is 8.21. The summed E-state index contributed by atoms with van der Waals surface area (Å²) in [5, 5.41) is 0. The van der Waals surface area contributed by atoms with Crippen molar-refractivity contribution in [1.82, 2.24) is 4.31 Å². The average molecular weight is 300 g/mol. The van der Waals surface area contributed by atoms with Gasteiger partial charge in [0.05, 0.1) is 10.6 Å². The fourth-order valence-corrected chi connectivity index (χ4v) is 4.80. The van der Waals surface area contributed by atoms with Crippen LogP contribution in [0.4, 0.5) is 10.1 Å². The van der Waals surface area contributed by atoms with E-state index in [0.29, 0.717) is 24.2 Å². The second kappa shape index (κ2) is 4.70. The van der Waals surface area contributed by atoms with E-state index in [4.69, 9.17) is 5.73 Å². The van der Waals surface area contributed by atoms with Crippen LogP contribution in [0.3, 0.4) is 0 Å². The van der Waals surface area contributed by atoms with Crippen LogP contribution in [0.25, 0.3) is 0 Å². The first-order chi connectivity index (χ1) is 9.06. The second-order valence-electron chi connectivity index (χ2n) is 6.30. The Labute approximate surface area is 119 Å². The summed E-state index contributed by atoms with van der Waals surface area (Å²) in [6.07, 6.45) is 0.820. The molecule has 0 aromatic heterocycles. The number of nitrogens with zero attached hydrogens (tertiary/aromatic N) is 1. The lowest BCUT2D eigenvalue weighted by Crippen LogP contribution is -2.31. The van der Waals surface area contributed by atoms with E-state index in [2.05, 4.69) is 0 Å². The van der Waals surface area contributed by atoms with Crippen molar-refractivity contribution in [2.75, 3.05) is 18.8 Å². The van der Waals surface area contributed by atoms with E-state index in [-0.39, 0.29) is 16.0 Å². The number of hydrogen-bond acceptors (Lipinski definition) is 3. The molecule has 0 radical (unpaired) electrons. The monoisotopic (exact) mass is 300 g/mol. The van der Waals surface area contributed by atoms with Gasteiger partial charge in [-0.3, -0.25) is 0 Å². The highest BCUT2D eigenvalue weighted by Crippen LogP contribution is 2.36. The van der Waals surface area contributed by atoms with E-state index < -0.39 is 15.8 Å². The van der Waals surface area contributed by atoms with Gasteiger partial charge in [-0.25, -0.2) is 12.8 Å². The van der Waals surface area contributed by atoms with Crippen molar-refractivity contribution in [2.45, 2.75) is 39.0 Å². The number of rotatable bonds is 2. The molecule has 0 spiro atoms. The zero-order valence-corrected chi connectivity index (χ0v) is 13.1. The molecule has 2 N–H and O–H groups in total. The number of aryl methyl sites for hydroxylation is 1. The van der Waals surface area contributed by atoms with Crippen molar-refractivity contribution < 1.29 is 12.8 Å². The van der Waals surface area contributed by atoms with Crippen molar-refractivity contribution in [3.8, 4) is 0 Å². The van der Waals surface area contributed by atoms with Crippen LogP contribution >= 0.6 is 0 Å². The lowest BCUT2D eigenvalue weighted by atomic mass is 9.93. The van der Waals surface area contributed by atoms with Gasteiger partial charge in [-0.1, -0.05) is 13.8 Å². The highest BCUT2D eigenvalue weighted by Gasteiger charge is 2.38. The van der Waals surface area contributed by atoms with Gasteiger partial charge < -0.3 is 5.73 Å². The standard InChI is InChI=1S/C14H21FN2O2S/c1-9-7-11(15)12(16)10(2)13(9)20(18,19)17-6-5-14(3,4)8-17/h7H,5-6,8,16H2,1-4H3. The molecule has 0 saturated carbocycles. The summed E-state index contributed by atoms with van der Waals surface area (Å²) in [7, 11) is -3.62. The summed E-state index contributed by atoms with van der Waals surface area (Å²) in [5.74, 6) is -0.569. The van der Waals surface area contributed by atoms with Crippen LogP contribution in [0.5, 0.6) is 0 Å². The van der Waals surface area contributed by atoms with Crippen LogP contribution in [0.15, 0.2) is 11.0 Å². The van der Waals surface area contributed by atoms with Gasteiger partial charge in [-0.2, -0.15) is 4.31 Å². The van der Waals surface area contributed by atoms with Crippen molar-refractivity contribution in [1.29, 1.82) is 0 Å². The normalized spacial score (nSPS) is 19.4. The van der Waals surface area contributed by atoms with Gasteiger partial charge in [0.2, 0.25) is 10.0 Å². The van der Waals surface area contributed by atoms with E-state index in [1.807, 2.05) is 13.8 Å². The predicted molar refractivity (Wildman–Crippen MR) is 77.4 cm³/mol. The molecule has 1 aliphatic heterocycles. The van der Waals surface area contributed by atoms with Crippen molar-refractivity contribution in [2.24, 2.45) is 5.41 Å². The Bertz CT molecular complexity index is 654. The quantitative estimate of drug-likeness (QED) is 0.853. The number of halogens is 1. The van der Waals surface area contributed by atoms with Crippen molar-refractivity contribution in [3.63, 3.8) is 0 Å². The third kappa shape index (κ3) is 2.42. The Hall–Kier alpha value is -1.14. The third-order valence-electron chi connectivity index (χ3n) is 3.94. The molecule has 0 bridgehead atoms. The fourth-order valence-electron chi connectivity index (χ4n) is 2.72. The molecule has 2 rings (SSSR count). The van der Waals surface area contributed by atoms with E-state index in [9.17, 15) is 12.8 Å². The Morgan fingerprint density at radius 3 is 2.45 bits per heavy atom. The molecule has 1 aliphatic rings. The SMILES string of the molecule is Cc1cc(F)c(N)c(C)c1S(=O)(=O)N1CCC(C)(C)C1. The first-order valence-corrected chi connectivity index (χ1v) is 8.05. The fraction of sp³-hybridized carbons (Fsp3) is 0.571. The Balaban J connectivity index is 2.54. The highest BCUT2D eigenvalue weighted by atomic mass is 32.2. The van der Waals surface area contributed by atoms with E-state index in [0.717, 1.165) is 6.42 Å². The summed E-state index contributed by atoms with van der Waals surface area (Å²) < 4.78 is 40.6. The minimum Gasteiger partial charge on any atom is -0.396 e. The zero-order valence-electron chi connectivity index (χ0n) is 12.3. The van der Waals surface area contributed by atoms with Gasteiger partial charge in [0.15, 0.2) is 0 Å². The van der Waals surface area contributed by atoms with Crippen LogP contribution in [-0.2, 0) is 10.0 Å². The van der Waals surface area contributed by atoms with Crippen molar-refractivity contribution >= 4 is 15.7 Å². The maximum Gasteiger partial charge on any atom is 0.243 e. The molecule has 1 saturated heterocycles. The molecule has 6 heteroatoms. The topological polar surface area (TPSA) is 63.4 Å². The molecule has 0 unspecified atom stereocenters. The summed E-state index contributed by atoms with van der Waals surface area (Å²) >= 11 is 0. The van der Waals surface area contributed by atoms with E-state index >= 15 is 0 Å². The van der Waals surface area contributed by atoms with Gasteiger partial charge in [-0.05, 0) is 42.9 Å². The third-order valence-corrected chi connectivity index (χ3v) is 6.08. The molecule has 20 heavy (non-hydrogen) atoms. The minimum atomic E-state index is -3.62. The number of hydrogen-bond donors (Lipinski definition) is 1. The van der Waals surface area contributed by atoms with Gasteiger partial charge in [0.1, 0.15) is 5.82 Å². The van der Waals surface area contributed by atoms with E-state index in [1.165, 1.54) is 10.4 Å². The molecule has 1 aromatic carbocycles. The van der Waals surface area contributed by atoms with Crippen LogP contribution < -0.4 is 5.73 Å². The lowest BCUT2D eigenvalue weighted by molar-refractivity contribution is 0.375. The molecular formula is C14H21FN2O2S. The molecule has 112 valence electrons. The first-order valence-electron chi connectivity index (χ1n) is 6.61. The van der Waals surface area contributed by atoms with Crippen molar-refractivity contribution in [3.05, 3.63) is 23.0 Å². The molecule has 4 nitrogen and oxygen atoms in total. The lowest BCUT2D eigenvalue weighted by Gasteiger charge is -2.22. The Morgan fingerprint density at radius 2 is 1.95 bits per heavy atom. The Kier molecular flexibility index (Phi) is 3.59. The molecule has 0 aliphatic carbocycles. The predicted octanol–water partition coefficient (Wildman–Crippen LogP) is 2.45. The first kappa shape index (κ1) is 15.3. The minimum absolute atomic E-state index is 0.0273. The number of nitrogen functional groups attached to an aromatic ring is 1. The molecule has 1 heterocycles. The molecule has 1 aromatic rings. The number of anilines is 1. The number of sulfonamides is 1. The summed E-state index contributed by atoms with van der Waals surface area (Å²) in [4.78, 5) is 0.147. The molecule has 1 fully saturated rings. The summed E-state index contributed by atoms with van der Waals surface area (Å²) in [6, 6.07) is 1.19. The second-order valence-corrected chi connectivity index (χ2v) is 8.17. The largest absolute Gasteiger partial charge is 0.396 e. The van der Waals surface area contributed by atoms with E-state index in [1.54, 1.807) is 13.8 Å². The van der Waals surface area contributed by atoms with Crippen LogP contribution in [0, 0.1) is 25.1 Å². The molecular weight excluding hydrogens is 279 g/mol. The van der Waals surface area contributed by atoms with Gasteiger partial charge in [-0.15, -0.1) is 0 Å². The Morgan fingerprint density at radius 1 is 1.35 bits per heavy atom. The highest BCUT2D eigenvalue weighted by molar-refractivity contribution is 7.89. The van der Waals surface area contributed by atoms with Gasteiger partial charge >= 0.3 is 0 Å². The smallest absolute Gasteiger partial charge is 0.243 e. The molecule has 0 atom stereocenters. The van der Waals surface area contributed by atoms with Crippen LogP contribution in [0.1, 0.15) is 31.4 Å². The zero-order chi connectivity index (χ0) is 15.3. The summed E-state index contributed by atoms with van der Waals surface area (Å²) in [5.41, 5.74) is 6.22. The van der Waals surface area contributed by atoms with Crippen LogP contribution in [-0.4, -0.2) is 25.8 Å². The van der Waals surface area contributed by atoms with Crippen LogP contribution in [0.2, 0.25) is 0 Å². The maximum atomic E-state index is 13.6. The number of benzene rings is 1. The average Bonchev–Trinajstić information content (AvgIpc) is 2.67.